The fourth-order valence-electron chi connectivity index (χ4n) is 4.28. The molecule has 1 aliphatic carbocycles. The molecule has 1 atom stereocenters. The normalized spacial score (nSPS) is 20.4. The van der Waals surface area contributed by atoms with Gasteiger partial charge in [0.15, 0.2) is 0 Å². The van der Waals surface area contributed by atoms with Crippen LogP contribution >= 0.6 is 0 Å². The van der Waals surface area contributed by atoms with Crippen molar-refractivity contribution in [3.8, 4) is 0 Å². The molecule has 2 amide bonds. The van der Waals surface area contributed by atoms with Crippen molar-refractivity contribution in [2.24, 2.45) is 0 Å². The van der Waals surface area contributed by atoms with E-state index in [2.05, 4.69) is 41.4 Å². The molecule has 1 N–H and O–H groups in total. The van der Waals surface area contributed by atoms with Gasteiger partial charge in [0.1, 0.15) is 0 Å². The van der Waals surface area contributed by atoms with Gasteiger partial charge in [0.25, 0.3) is 0 Å². The summed E-state index contributed by atoms with van der Waals surface area (Å²) in [5.41, 5.74) is 2.73. The Morgan fingerprint density at radius 2 is 1.96 bits per heavy atom. The molecule has 3 rings (SSSR count). The molecule has 1 heterocycles. The summed E-state index contributed by atoms with van der Waals surface area (Å²) in [7, 11) is 1.64. The van der Waals surface area contributed by atoms with Crippen molar-refractivity contribution in [1.82, 2.24) is 15.1 Å². The fourth-order valence-corrected chi connectivity index (χ4v) is 4.28. The third kappa shape index (κ3) is 4.68. The minimum absolute atomic E-state index is 0.0197. The van der Waals surface area contributed by atoms with E-state index in [4.69, 9.17) is 4.74 Å². The molecule has 148 valence electrons. The maximum Gasteiger partial charge on any atom is 0.237 e. The monoisotopic (exact) mass is 373 g/mol. The van der Waals surface area contributed by atoms with E-state index < -0.39 is 0 Å². The lowest BCUT2D eigenvalue weighted by Crippen LogP contribution is -2.60. The zero-order chi connectivity index (χ0) is 19.2. The third-order valence-corrected chi connectivity index (χ3v) is 5.65. The molecule has 1 aromatic rings. The second-order valence-corrected chi connectivity index (χ2v) is 7.45. The Bertz CT molecular complexity index is 639. The summed E-state index contributed by atoms with van der Waals surface area (Å²) >= 11 is 0. The number of carbonyl (C=O) groups is 2. The molecule has 1 saturated heterocycles. The minimum Gasteiger partial charge on any atom is -0.383 e. The van der Waals surface area contributed by atoms with Gasteiger partial charge in [-0.15, -0.1) is 0 Å². The summed E-state index contributed by atoms with van der Waals surface area (Å²) in [6.45, 7) is 5.30. The zero-order valence-corrected chi connectivity index (χ0v) is 16.4. The zero-order valence-electron chi connectivity index (χ0n) is 16.4. The quantitative estimate of drug-likeness (QED) is 0.745. The highest BCUT2D eigenvalue weighted by atomic mass is 16.5. The third-order valence-electron chi connectivity index (χ3n) is 5.65. The van der Waals surface area contributed by atoms with Crippen LogP contribution in [-0.4, -0.2) is 73.6 Å². The average Bonchev–Trinajstić information content (AvgIpc) is 3.10. The SMILES string of the molecule is CCCN(CCOC)C(=O)C[C@@H]1C(=O)NCCN1C1Cc2ccccc2C1. The molecule has 0 unspecified atom stereocenters. The Kier molecular flexibility index (Phi) is 6.85. The highest BCUT2D eigenvalue weighted by molar-refractivity contribution is 5.89. The standard InChI is InChI=1S/C21H31N3O3/c1-3-9-23(11-12-27-2)20(25)15-19-21(26)22-8-10-24(19)18-13-16-6-4-5-7-17(16)14-18/h4-7,18-19H,3,8-15H2,1-2H3,(H,22,26)/t19-/m1/s1. The van der Waals surface area contributed by atoms with E-state index in [0.717, 1.165) is 25.8 Å². The van der Waals surface area contributed by atoms with E-state index in [9.17, 15) is 9.59 Å². The van der Waals surface area contributed by atoms with E-state index in [0.29, 0.717) is 32.3 Å². The molecule has 0 aromatic heterocycles. The van der Waals surface area contributed by atoms with Gasteiger partial charge >= 0.3 is 0 Å². The molecule has 1 aliphatic heterocycles. The first-order chi connectivity index (χ1) is 13.1. The Labute approximate surface area is 161 Å². The highest BCUT2D eigenvalue weighted by Gasteiger charge is 2.38. The number of piperazine rings is 1. The van der Waals surface area contributed by atoms with Gasteiger partial charge in [-0.1, -0.05) is 31.2 Å². The highest BCUT2D eigenvalue weighted by Crippen LogP contribution is 2.28. The summed E-state index contributed by atoms with van der Waals surface area (Å²) in [6.07, 6.45) is 3.04. The number of benzene rings is 1. The largest absolute Gasteiger partial charge is 0.383 e. The second-order valence-electron chi connectivity index (χ2n) is 7.45. The van der Waals surface area contributed by atoms with E-state index >= 15 is 0 Å². The summed E-state index contributed by atoms with van der Waals surface area (Å²) in [5, 5.41) is 2.95. The van der Waals surface area contributed by atoms with Crippen molar-refractivity contribution < 1.29 is 14.3 Å². The number of hydrogen-bond acceptors (Lipinski definition) is 4. The van der Waals surface area contributed by atoms with Gasteiger partial charge in [0.2, 0.25) is 11.8 Å². The number of ether oxygens (including phenoxy) is 1. The molecule has 6 nitrogen and oxygen atoms in total. The number of fused-ring (bicyclic) bond motifs is 1. The Hall–Kier alpha value is -1.92. The molecule has 27 heavy (non-hydrogen) atoms. The van der Waals surface area contributed by atoms with Crippen molar-refractivity contribution >= 4 is 11.8 Å². The van der Waals surface area contributed by atoms with Gasteiger partial charge in [-0.25, -0.2) is 0 Å². The Morgan fingerprint density at radius 1 is 1.26 bits per heavy atom. The molecular weight excluding hydrogens is 342 g/mol. The van der Waals surface area contributed by atoms with Crippen molar-refractivity contribution in [2.75, 3.05) is 39.9 Å². The van der Waals surface area contributed by atoms with Crippen LogP contribution in [0, 0.1) is 0 Å². The van der Waals surface area contributed by atoms with E-state index in [-0.39, 0.29) is 24.3 Å². The summed E-state index contributed by atoms with van der Waals surface area (Å²) in [6, 6.07) is 8.41. The minimum atomic E-state index is -0.382. The van der Waals surface area contributed by atoms with Crippen LogP contribution in [0.2, 0.25) is 0 Å². The van der Waals surface area contributed by atoms with Gasteiger partial charge in [-0.2, -0.15) is 0 Å². The average molecular weight is 373 g/mol. The number of hydrogen-bond donors (Lipinski definition) is 1. The smallest absolute Gasteiger partial charge is 0.237 e. The lowest BCUT2D eigenvalue weighted by molar-refractivity contribution is -0.140. The van der Waals surface area contributed by atoms with Crippen LogP contribution in [-0.2, 0) is 27.2 Å². The van der Waals surface area contributed by atoms with Crippen molar-refractivity contribution in [2.45, 2.75) is 44.7 Å². The number of rotatable bonds is 8. The molecule has 2 aliphatic rings. The first kappa shape index (κ1) is 19.8. The van der Waals surface area contributed by atoms with E-state index in [1.165, 1.54) is 11.1 Å². The van der Waals surface area contributed by atoms with Crippen LogP contribution in [0.1, 0.15) is 30.9 Å². The summed E-state index contributed by atoms with van der Waals surface area (Å²) in [5.74, 6) is 0.0187. The predicted octanol–water partition coefficient (Wildman–Crippen LogP) is 1.23. The summed E-state index contributed by atoms with van der Waals surface area (Å²) < 4.78 is 5.13. The fraction of sp³-hybridized carbons (Fsp3) is 0.619. The van der Waals surface area contributed by atoms with Crippen LogP contribution in [0.3, 0.4) is 0 Å². The van der Waals surface area contributed by atoms with Gasteiger partial charge in [-0.05, 0) is 30.4 Å². The topological polar surface area (TPSA) is 61.9 Å². The lowest BCUT2D eigenvalue weighted by Gasteiger charge is -2.39. The van der Waals surface area contributed by atoms with Crippen LogP contribution < -0.4 is 5.32 Å². The lowest BCUT2D eigenvalue weighted by atomic mass is 10.0. The van der Waals surface area contributed by atoms with Crippen LogP contribution in [0.25, 0.3) is 0 Å². The van der Waals surface area contributed by atoms with Gasteiger partial charge in [0, 0.05) is 39.3 Å². The van der Waals surface area contributed by atoms with Crippen molar-refractivity contribution in [3.05, 3.63) is 35.4 Å². The molecular formula is C21H31N3O3. The molecule has 1 aromatic carbocycles. The first-order valence-corrected chi connectivity index (χ1v) is 10.0. The van der Waals surface area contributed by atoms with E-state index in [1.54, 1.807) is 7.11 Å². The maximum atomic E-state index is 12.9. The number of amides is 2. The molecule has 0 spiro atoms. The molecule has 1 fully saturated rings. The number of nitrogens with one attached hydrogen (secondary N) is 1. The molecule has 0 bridgehead atoms. The Morgan fingerprint density at radius 3 is 2.59 bits per heavy atom. The van der Waals surface area contributed by atoms with Crippen LogP contribution in [0.15, 0.2) is 24.3 Å². The van der Waals surface area contributed by atoms with Gasteiger partial charge in [-0.3, -0.25) is 14.5 Å². The van der Waals surface area contributed by atoms with E-state index in [1.807, 2.05) is 4.90 Å². The number of carbonyl (C=O) groups excluding carboxylic acids is 2. The first-order valence-electron chi connectivity index (χ1n) is 10.0. The van der Waals surface area contributed by atoms with Crippen LogP contribution in [0.4, 0.5) is 0 Å². The Balaban J connectivity index is 1.69. The molecule has 0 radical (unpaired) electrons. The van der Waals surface area contributed by atoms with Crippen molar-refractivity contribution in [3.63, 3.8) is 0 Å². The van der Waals surface area contributed by atoms with Crippen LogP contribution in [0.5, 0.6) is 0 Å². The molecule has 0 saturated carbocycles. The molecule has 6 heteroatoms. The van der Waals surface area contributed by atoms with Gasteiger partial charge < -0.3 is 15.0 Å². The maximum absolute atomic E-state index is 12.9. The van der Waals surface area contributed by atoms with Gasteiger partial charge in [0.05, 0.1) is 19.1 Å². The second kappa shape index (κ2) is 9.33. The number of methoxy groups -OCH3 is 1. The summed E-state index contributed by atoms with van der Waals surface area (Å²) in [4.78, 5) is 29.6. The predicted molar refractivity (Wildman–Crippen MR) is 105 cm³/mol. The number of nitrogens with zero attached hydrogens (tertiary/aromatic N) is 2. The van der Waals surface area contributed by atoms with Crippen molar-refractivity contribution in [1.29, 1.82) is 0 Å².